The first-order valence-electron chi connectivity index (χ1n) is 14.2. The molecule has 0 aromatic heterocycles. The summed E-state index contributed by atoms with van der Waals surface area (Å²) in [4.78, 5) is 38.2. The van der Waals surface area contributed by atoms with E-state index in [1.54, 1.807) is 73.7 Å². The molecule has 2 amide bonds. The molecule has 11 nitrogen and oxygen atoms in total. The van der Waals surface area contributed by atoms with Crippen molar-refractivity contribution in [3.05, 3.63) is 112 Å². The third-order valence-electron chi connectivity index (χ3n) is 6.45. The third kappa shape index (κ3) is 9.35. The molecule has 47 heavy (non-hydrogen) atoms. The molecule has 0 fully saturated rings. The first kappa shape index (κ1) is 34.1. The highest BCUT2D eigenvalue weighted by Crippen LogP contribution is 2.38. The Morgan fingerprint density at radius 1 is 0.766 bits per heavy atom. The molecule has 4 aromatic rings. The number of amides is 2. The molecule has 4 rings (SSSR count). The first-order valence-corrected chi connectivity index (χ1v) is 14.6. The highest BCUT2D eigenvalue weighted by molar-refractivity contribution is 6.30. The molecule has 0 unspecified atom stereocenters. The van der Waals surface area contributed by atoms with Crippen molar-refractivity contribution in [3.8, 4) is 28.7 Å². The van der Waals surface area contributed by atoms with E-state index in [1.165, 1.54) is 51.8 Å². The summed E-state index contributed by atoms with van der Waals surface area (Å²) in [5, 5.41) is 7.40. The van der Waals surface area contributed by atoms with Crippen LogP contribution < -0.4 is 34.4 Å². The number of methoxy groups -OCH3 is 3. The quantitative estimate of drug-likeness (QED) is 0.0555. The summed E-state index contributed by atoms with van der Waals surface area (Å²) in [7, 11) is 4.38. The number of benzene rings is 4. The van der Waals surface area contributed by atoms with Crippen molar-refractivity contribution >= 4 is 47.4 Å². The molecule has 0 saturated heterocycles. The first-order chi connectivity index (χ1) is 22.7. The number of nitrogens with zero attached hydrogens (tertiary/aromatic N) is 1. The molecule has 0 heterocycles. The Balaban J connectivity index is 1.39. The van der Waals surface area contributed by atoms with Crippen LogP contribution in [0.4, 0.5) is 5.69 Å². The molecule has 0 spiro atoms. The van der Waals surface area contributed by atoms with Crippen LogP contribution in [0.2, 0.25) is 5.02 Å². The number of carbonyl (C=O) groups excluding carboxylic acids is 3. The SMILES string of the molecule is CCOc1cc(C=NNC(=O)c2cccc(NC(=O)c3cc(OC)c(OC)c(OC)c3)c2)ccc1OC(=O)/C=C/c1ccc(Cl)cc1. The van der Waals surface area contributed by atoms with E-state index in [1.807, 2.05) is 0 Å². The zero-order valence-corrected chi connectivity index (χ0v) is 26.8. The Bertz CT molecular complexity index is 1780. The Morgan fingerprint density at radius 3 is 2.13 bits per heavy atom. The topological polar surface area (TPSA) is 134 Å². The predicted molar refractivity (Wildman–Crippen MR) is 179 cm³/mol. The molecule has 0 aliphatic carbocycles. The number of esters is 1. The van der Waals surface area contributed by atoms with Gasteiger partial charge in [0.25, 0.3) is 11.8 Å². The summed E-state index contributed by atoms with van der Waals surface area (Å²) < 4.78 is 27.1. The average Bonchev–Trinajstić information content (AvgIpc) is 3.08. The van der Waals surface area contributed by atoms with Gasteiger partial charge in [0.2, 0.25) is 5.75 Å². The van der Waals surface area contributed by atoms with E-state index in [4.69, 9.17) is 35.3 Å². The Kier molecular flexibility index (Phi) is 12.0. The van der Waals surface area contributed by atoms with Crippen molar-refractivity contribution < 1.29 is 38.1 Å². The van der Waals surface area contributed by atoms with Crippen LogP contribution in [0.5, 0.6) is 28.7 Å². The largest absolute Gasteiger partial charge is 0.493 e. The van der Waals surface area contributed by atoms with Crippen molar-refractivity contribution in [1.29, 1.82) is 0 Å². The second-order valence-corrected chi connectivity index (χ2v) is 10.0. The van der Waals surface area contributed by atoms with Gasteiger partial charge in [0.1, 0.15) is 0 Å². The van der Waals surface area contributed by atoms with E-state index in [0.29, 0.717) is 45.9 Å². The van der Waals surface area contributed by atoms with Gasteiger partial charge < -0.3 is 29.0 Å². The second-order valence-electron chi connectivity index (χ2n) is 9.59. The maximum absolute atomic E-state index is 13.0. The fourth-order valence-corrected chi connectivity index (χ4v) is 4.35. The molecule has 2 N–H and O–H groups in total. The average molecular weight is 658 g/mol. The molecule has 0 aliphatic rings. The number of halogens is 1. The number of carbonyl (C=O) groups is 3. The molecular formula is C35H32ClN3O8. The number of hydrogen-bond acceptors (Lipinski definition) is 9. The summed E-state index contributed by atoms with van der Waals surface area (Å²) in [6.07, 6.45) is 4.34. The lowest BCUT2D eigenvalue weighted by Gasteiger charge is -2.14. The number of hydrogen-bond donors (Lipinski definition) is 2. The maximum Gasteiger partial charge on any atom is 0.336 e. The van der Waals surface area contributed by atoms with Crippen LogP contribution in [0.1, 0.15) is 38.8 Å². The van der Waals surface area contributed by atoms with Crippen LogP contribution in [-0.4, -0.2) is 51.9 Å². The van der Waals surface area contributed by atoms with E-state index >= 15 is 0 Å². The van der Waals surface area contributed by atoms with Gasteiger partial charge in [-0.15, -0.1) is 0 Å². The van der Waals surface area contributed by atoms with Crippen LogP contribution >= 0.6 is 11.6 Å². The van der Waals surface area contributed by atoms with Gasteiger partial charge in [0, 0.05) is 27.9 Å². The van der Waals surface area contributed by atoms with Crippen LogP contribution in [0.3, 0.4) is 0 Å². The van der Waals surface area contributed by atoms with Crippen LogP contribution in [0.15, 0.2) is 90.0 Å². The smallest absolute Gasteiger partial charge is 0.336 e. The number of anilines is 1. The van der Waals surface area contributed by atoms with Gasteiger partial charge in [0.15, 0.2) is 23.0 Å². The molecule has 12 heteroatoms. The van der Waals surface area contributed by atoms with Gasteiger partial charge in [-0.25, -0.2) is 10.2 Å². The lowest BCUT2D eigenvalue weighted by Crippen LogP contribution is -2.18. The molecule has 0 atom stereocenters. The van der Waals surface area contributed by atoms with E-state index in [2.05, 4.69) is 15.8 Å². The monoisotopic (exact) mass is 657 g/mol. The predicted octanol–water partition coefficient (Wildman–Crippen LogP) is 6.40. The van der Waals surface area contributed by atoms with Gasteiger partial charge in [-0.05, 0) is 84.8 Å². The van der Waals surface area contributed by atoms with Gasteiger partial charge in [-0.1, -0.05) is 29.8 Å². The van der Waals surface area contributed by atoms with E-state index in [0.717, 1.165) is 5.56 Å². The minimum absolute atomic E-state index is 0.226. The van der Waals surface area contributed by atoms with E-state index in [9.17, 15) is 14.4 Å². The number of hydrazone groups is 1. The van der Waals surface area contributed by atoms with Gasteiger partial charge >= 0.3 is 5.97 Å². The summed E-state index contributed by atoms with van der Waals surface area (Å²) in [5.74, 6) is 0.0266. The van der Waals surface area contributed by atoms with Crippen molar-refractivity contribution in [2.75, 3.05) is 33.3 Å². The maximum atomic E-state index is 13.0. The highest BCUT2D eigenvalue weighted by atomic mass is 35.5. The molecule has 0 saturated carbocycles. The minimum atomic E-state index is -0.587. The van der Waals surface area contributed by atoms with Gasteiger partial charge in [-0.3, -0.25) is 9.59 Å². The molecule has 0 bridgehead atoms. The van der Waals surface area contributed by atoms with Gasteiger partial charge in [0.05, 0.1) is 34.2 Å². The zero-order valence-electron chi connectivity index (χ0n) is 26.0. The van der Waals surface area contributed by atoms with E-state index in [-0.39, 0.29) is 16.9 Å². The van der Waals surface area contributed by atoms with Crippen molar-refractivity contribution in [2.24, 2.45) is 5.10 Å². The fraction of sp³-hybridized carbons (Fsp3) is 0.143. The van der Waals surface area contributed by atoms with Gasteiger partial charge in [-0.2, -0.15) is 5.10 Å². The van der Waals surface area contributed by atoms with Crippen molar-refractivity contribution in [1.82, 2.24) is 5.43 Å². The molecule has 0 radical (unpaired) electrons. The third-order valence-corrected chi connectivity index (χ3v) is 6.70. The standard InChI is InChI=1S/C35H32ClN3O8/c1-5-46-29-17-23(11-15-28(29)47-32(40)16-12-22-9-13-26(36)14-10-22)21-37-39-35(42)24-7-6-8-27(18-24)38-34(41)25-19-30(43-2)33(45-4)31(20-25)44-3/h6-21H,5H2,1-4H3,(H,38,41)(H,39,42)/b16-12+,37-21?. The van der Waals surface area contributed by atoms with Crippen molar-refractivity contribution in [2.45, 2.75) is 6.92 Å². The zero-order chi connectivity index (χ0) is 33.8. The molecule has 4 aromatic carbocycles. The number of ether oxygens (including phenoxy) is 5. The molecule has 242 valence electrons. The normalized spacial score (nSPS) is 10.8. The Hall–Kier alpha value is -5.81. The summed E-state index contributed by atoms with van der Waals surface area (Å²) in [5.41, 5.74) is 4.74. The second kappa shape index (κ2) is 16.5. The van der Waals surface area contributed by atoms with Crippen molar-refractivity contribution in [3.63, 3.8) is 0 Å². The van der Waals surface area contributed by atoms with Crippen LogP contribution in [0, 0.1) is 0 Å². The van der Waals surface area contributed by atoms with E-state index < -0.39 is 17.8 Å². The van der Waals surface area contributed by atoms with Crippen LogP contribution in [0.25, 0.3) is 6.08 Å². The highest BCUT2D eigenvalue weighted by Gasteiger charge is 2.18. The fourth-order valence-electron chi connectivity index (χ4n) is 4.22. The Labute approximate surface area is 276 Å². The molecule has 0 aliphatic heterocycles. The Morgan fingerprint density at radius 2 is 1.47 bits per heavy atom. The summed E-state index contributed by atoms with van der Waals surface area (Å²) in [6.45, 7) is 2.13. The lowest BCUT2D eigenvalue weighted by molar-refractivity contribution is -0.129. The number of rotatable bonds is 13. The van der Waals surface area contributed by atoms with Crippen LogP contribution in [-0.2, 0) is 4.79 Å². The number of nitrogens with one attached hydrogen (secondary N) is 2. The summed E-state index contributed by atoms with van der Waals surface area (Å²) >= 11 is 5.90. The summed E-state index contributed by atoms with van der Waals surface area (Å²) in [6, 6.07) is 21.3. The lowest BCUT2D eigenvalue weighted by atomic mass is 10.1. The minimum Gasteiger partial charge on any atom is -0.493 e. The molecular weight excluding hydrogens is 626 g/mol.